The van der Waals surface area contributed by atoms with E-state index in [0.717, 1.165) is 16.0 Å². The molecular formula is C16H14N4OS. The highest BCUT2D eigenvalue weighted by molar-refractivity contribution is 7.15. The molecule has 0 aliphatic carbocycles. The van der Waals surface area contributed by atoms with Crippen molar-refractivity contribution >= 4 is 22.4 Å². The third-order valence-electron chi connectivity index (χ3n) is 3.01. The Kier molecular flexibility index (Phi) is 4.20. The third-order valence-corrected chi connectivity index (χ3v) is 3.84. The first-order chi connectivity index (χ1) is 10.7. The van der Waals surface area contributed by atoms with Gasteiger partial charge in [0.15, 0.2) is 11.0 Å². The van der Waals surface area contributed by atoms with Crippen LogP contribution < -0.4 is 5.32 Å². The minimum absolute atomic E-state index is 0.0712. The van der Waals surface area contributed by atoms with Crippen LogP contribution in [0.25, 0.3) is 11.4 Å². The van der Waals surface area contributed by atoms with Crippen LogP contribution in [0.4, 0.5) is 5.13 Å². The number of thiazole rings is 1. The van der Waals surface area contributed by atoms with Crippen molar-refractivity contribution < 1.29 is 4.79 Å². The first-order valence-corrected chi connectivity index (χ1v) is 7.61. The van der Waals surface area contributed by atoms with Crippen LogP contribution in [0, 0.1) is 6.92 Å². The largest absolute Gasteiger partial charge is 0.302 e. The van der Waals surface area contributed by atoms with Gasteiger partial charge in [-0.1, -0.05) is 24.3 Å². The van der Waals surface area contributed by atoms with Crippen LogP contribution in [-0.4, -0.2) is 20.9 Å². The standard InChI is InChI=1S/C16H14N4OS/c1-11-10-19-16(22-11)20-14(21)9-12-3-5-13(6-4-12)15-17-7-2-8-18-15/h2-8,10H,9H2,1H3,(H,19,20,21). The SMILES string of the molecule is Cc1cnc(NC(=O)Cc2ccc(-c3ncccn3)cc2)s1. The number of aryl methyl sites for hydroxylation is 1. The Hall–Kier alpha value is -2.60. The average Bonchev–Trinajstić information content (AvgIpc) is 2.94. The Labute approximate surface area is 132 Å². The molecule has 0 aliphatic rings. The quantitative estimate of drug-likeness (QED) is 0.804. The first-order valence-electron chi connectivity index (χ1n) is 6.79. The van der Waals surface area contributed by atoms with Crippen LogP contribution in [0.5, 0.6) is 0 Å². The monoisotopic (exact) mass is 310 g/mol. The van der Waals surface area contributed by atoms with Gasteiger partial charge >= 0.3 is 0 Å². The molecule has 2 aromatic heterocycles. The first kappa shape index (κ1) is 14.3. The molecule has 6 heteroatoms. The van der Waals surface area contributed by atoms with Crippen molar-refractivity contribution in [1.29, 1.82) is 0 Å². The van der Waals surface area contributed by atoms with E-state index in [2.05, 4.69) is 20.3 Å². The highest BCUT2D eigenvalue weighted by Gasteiger charge is 2.07. The number of aromatic nitrogens is 3. The summed E-state index contributed by atoms with van der Waals surface area (Å²) < 4.78 is 0. The number of carbonyl (C=O) groups is 1. The van der Waals surface area contributed by atoms with Crippen LogP contribution in [0.15, 0.2) is 48.9 Å². The topological polar surface area (TPSA) is 67.8 Å². The summed E-state index contributed by atoms with van der Waals surface area (Å²) in [6, 6.07) is 9.45. The molecule has 2 heterocycles. The minimum atomic E-state index is -0.0712. The third kappa shape index (κ3) is 3.53. The van der Waals surface area contributed by atoms with E-state index in [0.29, 0.717) is 17.4 Å². The fourth-order valence-corrected chi connectivity index (χ4v) is 2.66. The number of nitrogens with zero attached hydrogens (tertiary/aromatic N) is 3. The van der Waals surface area contributed by atoms with Gasteiger partial charge in [-0.15, -0.1) is 11.3 Å². The van der Waals surface area contributed by atoms with Crippen molar-refractivity contribution in [3.05, 3.63) is 59.4 Å². The van der Waals surface area contributed by atoms with Gasteiger partial charge < -0.3 is 5.32 Å². The second-order valence-electron chi connectivity index (χ2n) is 4.77. The Balaban J connectivity index is 1.65. The Morgan fingerprint density at radius 2 is 1.86 bits per heavy atom. The highest BCUT2D eigenvalue weighted by Crippen LogP contribution is 2.18. The number of hydrogen-bond acceptors (Lipinski definition) is 5. The Morgan fingerprint density at radius 1 is 1.14 bits per heavy atom. The Bertz CT molecular complexity index is 768. The zero-order valence-electron chi connectivity index (χ0n) is 12.0. The highest BCUT2D eigenvalue weighted by atomic mass is 32.1. The molecule has 1 N–H and O–H groups in total. The number of anilines is 1. The number of nitrogens with one attached hydrogen (secondary N) is 1. The summed E-state index contributed by atoms with van der Waals surface area (Å²) in [5, 5.41) is 3.44. The molecule has 110 valence electrons. The van der Waals surface area contributed by atoms with Crippen LogP contribution >= 0.6 is 11.3 Å². The lowest BCUT2D eigenvalue weighted by Crippen LogP contribution is -2.14. The summed E-state index contributed by atoms with van der Waals surface area (Å²) in [4.78, 5) is 25.6. The van der Waals surface area contributed by atoms with E-state index in [1.807, 2.05) is 31.2 Å². The lowest BCUT2D eigenvalue weighted by atomic mass is 10.1. The molecule has 0 aliphatic heterocycles. The van der Waals surface area contributed by atoms with E-state index < -0.39 is 0 Å². The van der Waals surface area contributed by atoms with Gasteiger partial charge in [0.1, 0.15) is 0 Å². The molecule has 0 saturated heterocycles. The van der Waals surface area contributed by atoms with Crippen molar-refractivity contribution in [2.24, 2.45) is 0 Å². The maximum atomic E-state index is 12.0. The van der Waals surface area contributed by atoms with Crippen molar-refractivity contribution in [2.75, 3.05) is 5.32 Å². The molecule has 0 saturated carbocycles. The number of amides is 1. The lowest BCUT2D eigenvalue weighted by molar-refractivity contribution is -0.115. The number of benzene rings is 1. The van der Waals surface area contributed by atoms with Crippen LogP contribution in [0.3, 0.4) is 0 Å². The van der Waals surface area contributed by atoms with Crippen LogP contribution in [0.2, 0.25) is 0 Å². The lowest BCUT2D eigenvalue weighted by Gasteiger charge is -2.04. The number of hydrogen-bond donors (Lipinski definition) is 1. The number of carbonyl (C=O) groups excluding carboxylic acids is 1. The predicted molar refractivity (Wildman–Crippen MR) is 86.7 cm³/mol. The summed E-state index contributed by atoms with van der Waals surface area (Å²) >= 11 is 1.47. The summed E-state index contributed by atoms with van der Waals surface area (Å²) in [7, 11) is 0. The molecule has 1 aromatic carbocycles. The second kappa shape index (κ2) is 6.44. The van der Waals surface area contributed by atoms with Gasteiger partial charge in [0.05, 0.1) is 6.42 Å². The van der Waals surface area contributed by atoms with Gasteiger partial charge in [-0.3, -0.25) is 4.79 Å². The van der Waals surface area contributed by atoms with E-state index in [9.17, 15) is 4.79 Å². The molecule has 3 rings (SSSR count). The molecule has 1 amide bonds. The van der Waals surface area contributed by atoms with E-state index in [-0.39, 0.29) is 5.91 Å². The predicted octanol–water partition coefficient (Wildman–Crippen LogP) is 3.09. The summed E-state index contributed by atoms with van der Waals surface area (Å²) in [6.07, 6.45) is 5.48. The Morgan fingerprint density at radius 3 is 2.50 bits per heavy atom. The van der Waals surface area contributed by atoms with E-state index in [1.165, 1.54) is 11.3 Å². The molecule has 5 nitrogen and oxygen atoms in total. The molecule has 0 radical (unpaired) electrons. The van der Waals surface area contributed by atoms with E-state index in [1.54, 1.807) is 24.7 Å². The molecular weight excluding hydrogens is 296 g/mol. The van der Waals surface area contributed by atoms with Crippen LogP contribution in [-0.2, 0) is 11.2 Å². The average molecular weight is 310 g/mol. The van der Waals surface area contributed by atoms with Gasteiger partial charge in [-0.25, -0.2) is 15.0 Å². The normalized spacial score (nSPS) is 10.4. The minimum Gasteiger partial charge on any atom is -0.302 e. The zero-order chi connectivity index (χ0) is 15.4. The summed E-state index contributed by atoms with van der Waals surface area (Å²) in [5.74, 6) is 0.606. The van der Waals surface area contributed by atoms with Gasteiger partial charge in [0.25, 0.3) is 0 Å². The van der Waals surface area contributed by atoms with Crippen molar-refractivity contribution in [2.45, 2.75) is 13.3 Å². The second-order valence-corrected chi connectivity index (χ2v) is 6.01. The molecule has 22 heavy (non-hydrogen) atoms. The fraction of sp³-hybridized carbons (Fsp3) is 0.125. The molecule has 0 bridgehead atoms. The fourth-order valence-electron chi connectivity index (χ4n) is 1.98. The molecule has 0 atom stereocenters. The maximum absolute atomic E-state index is 12.0. The molecule has 0 unspecified atom stereocenters. The summed E-state index contributed by atoms with van der Waals surface area (Å²) in [5.41, 5.74) is 1.87. The van der Waals surface area contributed by atoms with Gasteiger partial charge in [0, 0.05) is 29.0 Å². The van der Waals surface area contributed by atoms with E-state index >= 15 is 0 Å². The van der Waals surface area contributed by atoms with Crippen molar-refractivity contribution in [3.8, 4) is 11.4 Å². The van der Waals surface area contributed by atoms with Crippen molar-refractivity contribution in [1.82, 2.24) is 15.0 Å². The smallest absolute Gasteiger partial charge is 0.230 e. The maximum Gasteiger partial charge on any atom is 0.230 e. The van der Waals surface area contributed by atoms with Crippen molar-refractivity contribution in [3.63, 3.8) is 0 Å². The molecule has 0 spiro atoms. The molecule has 3 aromatic rings. The van der Waals surface area contributed by atoms with E-state index in [4.69, 9.17) is 0 Å². The van der Waals surface area contributed by atoms with Crippen LogP contribution in [0.1, 0.15) is 10.4 Å². The van der Waals surface area contributed by atoms with Gasteiger partial charge in [0.2, 0.25) is 5.91 Å². The number of rotatable bonds is 4. The molecule has 0 fully saturated rings. The zero-order valence-corrected chi connectivity index (χ0v) is 12.8. The van der Waals surface area contributed by atoms with Gasteiger partial charge in [-0.2, -0.15) is 0 Å². The van der Waals surface area contributed by atoms with Gasteiger partial charge in [-0.05, 0) is 18.6 Å². The summed E-state index contributed by atoms with van der Waals surface area (Å²) in [6.45, 7) is 1.96.